The molecule has 11 rings (SSSR count). The lowest BCUT2D eigenvalue weighted by atomic mass is 9.60. The molecular weight excluding hydrogens is 721 g/mol. The zero-order chi connectivity index (χ0) is 40.4. The maximum Gasteiger partial charge on any atom is 0.244 e. The number of pyridine rings is 1. The number of aromatic nitrogens is 4. The van der Waals surface area contributed by atoms with Crippen LogP contribution in [0.1, 0.15) is 86.1 Å². The van der Waals surface area contributed by atoms with Crippen molar-refractivity contribution >= 4 is 45.0 Å². The molecule has 1 aliphatic heterocycles. The number of benzene rings is 6. The van der Waals surface area contributed by atoms with Gasteiger partial charge in [0.15, 0.2) is 0 Å². The molecule has 4 heterocycles. The first-order valence-corrected chi connectivity index (χ1v) is 20.6. The van der Waals surface area contributed by atoms with Crippen LogP contribution in [0.2, 0.25) is 0 Å². The van der Waals surface area contributed by atoms with Crippen LogP contribution in [0.5, 0.6) is 11.5 Å². The van der Waals surface area contributed by atoms with Crippen LogP contribution in [-0.4, -0.2) is 14.1 Å². The van der Waals surface area contributed by atoms with E-state index < -0.39 is 5.41 Å². The summed E-state index contributed by atoms with van der Waals surface area (Å²) in [6.45, 7) is 13.9. The van der Waals surface area contributed by atoms with Crippen LogP contribution in [0.3, 0.4) is 0 Å². The van der Waals surface area contributed by atoms with Crippen molar-refractivity contribution in [2.24, 2.45) is 7.05 Å². The number of nitrogens with zero attached hydrogens (tertiary/aromatic N) is 4. The molecule has 3 aromatic heterocycles. The third kappa shape index (κ3) is 5.16. The normalized spacial score (nSPS) is 14.1. The Morgan fingerprint density at radius 2 is 1.25 bits per heavy atom. The van der Waals surface area contributed by atoms with E-state index >= 15 is 0 Å². The lowest BCUT2D eigenvalue weighted by Crippen LogP contribution is -2.37. The standard InChI is InChI=1S/C54H46N4O/c1-52(2,3)36-22-20-34-18-19-35-21-23-37(53(4,5)6)30-45(35)54(44(34)29-36)42-27-25-39(32-49(42)57-33-56(7)47-16-12-14-43(54)51(47)57)59-38-24-26-41-40-13-8-9-15-46(40)58(48(41)31-38)50-17-10-11-28-55-50/h8-32H,1-7H3. The summed E-state index contributed by atoms with van der Waals surface area (Å²) < 4.78 is 13.5. The molecule has 0 bridgehead atoms. The smallest absolute Gasteiger partial charge is 0.244 e. The molecule has 0 unspecified atom stereocenters. The highest BCUT2D eigenvalue weighted by Gasteiger charge is 2.47. The van der Waals surface area contributed by atoms with Crippen LogP contribution in [-0.2, 0) is 23.3 Å². The SMILES string of the molecule is C[n+]1[c-]n2c3c(cccc31)C1(c3cc(C(C)(C)C)ccc3C=Cc3ccc(C(C)(C)C)cc31)c1ccc(Oc3ccc4c5ccccc5n(-c5ccccn5)c4c3)cc1-2. The Morgan fingerprint density at radius 1 is 0.593 bits per heavy atom. The first kappa shape index (κ1) is 35.4. The van der Waals surface area contributed by atoms with Gasteiger partial charge < -0.3 is 13.9 Å². The monoisotopic (exact) mass is 766 g/mol. The van der Waals surface area contributed by atoms with Crippen LogP contribution in [0.4, 0.5) is 0 Å². The molecule has 0 N–H and O–H groups in total. The van der Waals surface area contributed by atoms with Crippen molar-refractivity contribution in [3.8, 4) is 23.0 Å². The number of hydrogen-bond acceptors (Lipinski definition) is 2. The van der Waals surface area contributed by atoms with E-state index in [1.807, 2.05) is 18.3 Å². The minimum Gasteiger partial charge on any atom is -0.458 e. The van der Waals surface area contributed by atoms with Gasteiger partial charge in [-0.05, 0) is 97.8 Å². The zero-order valence-electron chi connectivity index (χ0n) is 34.6. The highest BCUT2D eigenvalue weighted by atomic mass is 16.5. The fourth-order valence-electron chi connectivity index (χ4n) is 9.76. The summed E-state index contributed by atoms with van der Waals surface area (Å²) in [4.78, 5) is 4.75. The largest absolute Gasteiger partial charge is 0.458 e. The lowest BCUT2D eigenvalue weighted by molar-refractivity contribution is -0.649. The number of imidazole rings is 1. The minimum absolute atomic E-state index is 0.0483. The second kappa shape index (κ2) is 12.4. The molecule has 2 aliphatic rings. The van der Waals surface area contributed by atoms with Gasteiger partial charge in [0, 0.05) is 23.0 Å². The summed E-state index contributed by atoms with van der Waals surface area (Å²) in [5.74, 6) is 2.39. The molecule has 0 amide bonds. The van der Waals surface area contributed by atoms with E-state index in [0.717, 1.165) is 50.5 Å². The maximum atomic E-state index is 6.92. The van der Waals surface area contributed by atoms with Crippen LogP contribution >= 0.6 is 0 Å². The van der Waals surface area contributed by atoms with Crippen LogP contribution in [0.25, 0.3) is 56.5 Å². The van der Waals surface area contributed by atoms with E-state index in [1.165, 1.54) is 49.9 Å². The fraction of sp³-hybridized carbons (Fsp3) is 0.185. The van der Waals surface area contributed by atoms with Gasteiger partial charge in [-0.1, -0.05) is 139 Å². The topological polar surface area (TPSA) is 35.9 Å². The van der Waals surface area contributed by atoms with Gasteiger partial charge in [0.25, 0.3) is 0 Å². The van der Waals surface area contributed by atoms with Gasteiger partial charge in [0.1, 0.15) is 17.3 Å². The van der Waals surface area contributed by atoms with E-state index in [4.69, 9.17) is 9.72 Å². The summed E-state index contributed by atoms with van der Waals surface area (Å²) in [6.07, 6.45) is 10.2. The average Bonchev–Trinajstić information content (AvgIpc) is 3.70. The molecule has 0 saturated heterocycles. The Labute approximate surface area is 345 Å². The van der Waals surface area contributed by atoms with Crippen molar-refractivity contribution < 1.29 is 9.30 Å². The summed E-state index contributed by atoms with van der Waals surface area (Å²) in [5.41, 5.74) is 14.8. The second-order valence-electron chi connectivity index (χ2n) is 18.4. The molecule has 9 aromatic rings. The van der Waals surface area contributed by atoms with Crippen LogP contribution < -0.4 is 9.30 Å². The van der Waals surface area contributed by atoms with Crippen molar-refractivity contribution in [2.75, 3.05) is 0 Å². The quantitative estimate of drug-likeness (QED) is 0.133. The van der Waals surface area contributed by atoms with E-state index in [1.54, 1.807) is 0 Å². The highest BCUT2D eigenvalue weighted by molar-refractivity contribution is 6.09. The zero-order valence-corrected chi connectivity index (χ0v) is 34.6. The molecule has 59 heavy (non-hydrogen) atoms. The number of aryl methyl sites for hydroxylation is 1. The third-order valence-corrected chi connectivity index (χ3v) is 12.7. The number of hydrogen-bond donors (Lipinski definition) is 0. The van der Waals surface area contributed by atoms with E-state index in [9.17, 15) is 0 Å². The van der Waals surface area contributed by atoms with Gasteiger partial charge in [0.2, 0.25) is 6.33 Å². The molecule has 5 heteroatoms. The lowest BCUT2D eigenvalue weighted by Gasteiger charge is -2.44. The summed E-state index contributed by atoms with van der Waals surface area (Å²) in [6, 6.07) is 48.7. The number of rotatable bonds is 3. The number of ether oxygens (including phenoxy) is 1. The summed E-state index contributed by atoms with van der Waals surface area (Å²) in [7, 11) is 2.10. The van der Waals surface area contributed by atoms with Crippen molar-refractivity contribution in [3.63, 3.8) is 0 Å². The Kier molecular flexibility index (Phi) is 7.44. The molecule has 288 valence electrons. The van der Waals surface area contributed by atoms with E-state index in [-0.39, 0.29) is 10.8 Å². The van der Waals surface area contributed by atoms with Crippen molar-refractivity contribution in [3.05, 3.63) is 190 Å². The summed E-state index contributed by atoms with van der Waals surface area (Å²) >= 11 is 0. The van der Waals surface area contributed by atoms with Crippen molar-refractivity contribution in [2.45, 2.75) is 57.8 Å². The molecule has 0 atom stereocenters. The van der Waals surface area contributed by atoms with Crippen molar-refractivity contribution in [1.29, 1.82) is 0 Å². The van der Waals surface area contributed by atoms with Gasteiger partial charge in [-0.2, -0.15) is 0 Å². The molecule has 1 spiro atoms. The Hall–Kier alpha value is -6.72. The number of fused-ring (bicyclic) bond motifs is 11. The Morgan fingerprint density at radius 3 is 1.95 bits per heavy atom. The molecular formula is C54H46N4O. The Bertz CT molecular complexity index is 3150. The first-order chi connectivity index (χ1) is 28.4. The van der Waals surface area contributed by atoms with Gasteiger partial charge >= 0.3 is 0 Å². The van der Waals surface area contributed by atoms with Gasteiger partial charge in [-0.25, -0.2) is 4.98 Å². The molecule has 6 aromatic carbocycles. The maximum absolute atomic E-state index is 6.92. The van der Waals surface area contributed by atoms with Gasteiger partial charge in [0.05, 0.1) is 40.2 Å². The van der Waals surface area contributed by atoms with E-state index in [2.05, 4.69) is 202 Å². The second-order valence-corrected chi connectivity index (χ2v) is 18.4. The van der Waals surface area contributed by atoms with Gasteiger partial charge in [-0.3, -0.25) is 4.57 Å². The number of para-hydroxylation sites is 2. The third-order valence-electron chi connectivity index (χ3n) is 12.7. The van der Waals surface area contributed by atoms with Crippen LogP contribution in [0.15, 0.2) is 140 Å². The molecule has 5 nitrogen and oxygen atoms in total. The van der Waals surface area contributed by atoms with E-state index in [0.29, 0.717) is 0 Å². The minimum atomic E-state index is -0.651. The van der Waals surface area contributed by atoms with Crippen LogP contribution in [0, 0.1) is 6.33 Å². The highest BCUT2D eigenvalue weighted by Crippen LogP contribution is 2.56. The van der Waals surface area contributed by atoms with Crippen molar-refractivity contribution in [1.82, 2.24) is 14.1 Å². The average molecular weight is 767 g/mol. The molecule has 1 aliphatic carbocycles. The first-order valence-electron chi connectivity index (χ1n) is 20.6. The molecule has 0 radical (unpaired) electrons. The predicted octanol–water partition coefficient (Wildman–Crippen LogP) is 12.3. The Balaban J connectivity index is 1.18. The molecule has 0 fully saturated rings. The van der Waals surface area contributed by atoms with Gasteiger partial charge in [-0.15, -0.1) is 0 Å². The molecule has 0 saturated carbocycles. The predicted molar refractivity (Wildman–Crippen MR) is 240 cm³/mol. The fourth-order valence-corrected chi connectivity index (χ4v) is 9.76. The summed E-state index contributed by atoms with van der Waals surface area (Å²) in [5, 5.41) is 2.34.